The highest BCUT2D eigenvalue weighted by Crippen LogP contribution is 2.25. The molecule has 2 heterocycles. The number of nitrogens with one attached hydrogen (secondary N) is 1. The number of hydrogen-bond donors (Lipinski definition) is 1. The predicted molar refractivity (Wildman–Crippen MR) is 80.1 cm³/mol. The van der Waals surface area contributed by atoms with Gasteiger partial charge in [0.25, 0.3) is 0 Å². The SMILES string of the molecule is CC(C)NCC1CCCN(C(C)c2cccnc2)C1. The summed E-state index contributed by atoms with van der Waals surface area (Å²) in [6, 6.07) is 5.29. The lowest BCUT2D eigenvalue weighted by Crippen LogP contribution is -2.42. The zero-order valence-electron chi connectivity index (χ0n) is 12.5. The first kappa shape index (κ1) is 14.5. The van der Waals surface area contributed by atoms with E-state index in [9.17, 15) is 0 Å². The lowest BCUT2D eigenvalue weighted by molar-refractivity contribution is 0.129. The predicted octanol–water partition coefficient (Wildman–Crippen LogP) is 2.85. The second-order valence-electron chi connectivity index (χ2n) is 6.03. The molecule has 1 aliphatic rings. The highest BCUT2D eigenvalue weighted by molar-refractivity contribution is 5.13. The Morgan fingerprint density at radius 3 is 2.95 bits per heavy atom. The van der Waals surface area contributed by atoms with Crippen molar-refractivity contribution < 1.29 is 0 Å². The first-order chi connectivity index (χ1) is 9.16. The minimum atomic E-state index is 0.482. The van der Waals surface area contributed by atoms with E-state index in [1.165, 1.54) is 31.5 Å². The molecule has 2 rings (SSSR count). The van der Waals surface area contributed by atoms with Crippen LogP contribution in [0.1, 0.15) is 45.2 Å². The van der Waals surface area contributed by atoms with Gasteiger partial charge in [0.05, 0.1) is 0 Å². The average molecular weight is 261 g/mol. The number of pyridine rings is 1. The van der Waals surface area contributed by atoms with Crippen LogP contribution in [0.2, 0.25) is 0 Å². The van der Waals surface area contributed by atoms with Gasteiger partial charge >= 0.3 is 0 Å². The van der Waals surface area contributed by atoms with Crippen molar-refractivity contribution in [2.75, 3.05) is 19.6 Å². The van der Waals surface area contributed by atoms with Gasteiger partial charge in [-0.2, -0.15) is 0 Å². The van der Waals surface area contributed by atoms with Crippen molar-refractivity contribution in [3.05, 3.63) is 30.1 Å². The summed E-state index contributed by atoms with van der Waals surface area (Å²) in [6.07, 6.45) is 6.52. The van der Waals surface area contributed by atoms with Gasteiger partial charge in [-0.1, -0.05) is 19.9 Å². The number of hydrogen-bond acceptors (Lipinski definition) is 3. The number of nitrogens with zero attached hydrogens (tertiary/aromatic N) is 2. The summed E-state index contributed by atoms with van der Waals surface area (Å²) in [5.74, 6) is 0.787. The molecule has 1 aromatic heterocycles. The van der Waals surface area contributed by atoms with Gasteiger partial charge in [-0.3, -0.25) is 9.88 Å². The number of likely N-dealkylation sites (tertiary alicyclic amines) is 1. The molecular formula is C16H27N3. The topological polar surface area (TPSA) is 28.2 Å². The quantitative estimate of drug-likeness (QED) is 0.883. The molecule has 1 saturated heterocycles. The second kappa shape index (κ2) is 7.01. The Hall–Kier alpha value is -0.930. The molecule has 0 bridgehead atoms. The average Bonchev–Trinajstić information content (AvgIpc) is 2.45. The van der Waals surface area contributed by atoms with Crippen molar-refractivity contribution in [3.63, 3.8) is 0 Å². The fourth-order valence-corrected chi connectivity index (χ4v) is 2.85. The van der Waals surface area contributed by atoms with Crippen LogP contribution >= 0.6 is 0 Å². The van der Waals surface area contributed by atoms with Crippen LogP contribution in [0, 0.1) is 5.92 Å². The Bertz CT molecular complexity index is 364. The van der Waals surface area contributed by atoms with E-state index in [4.69, 9.17) is 0 Å². The summed E-state index contributed by atoms with van der Waals surface area (Å²) in [5, 5.41) is 3.58. The number of rotatable bonds is 5. The van der Waals surface area contributed by atoms with Crippen molar-refractivity contribution in [2.24, 2.45) is 5.92 Å². The largest absolute Gasteiger partial charge is 0.314 e. The van der Waals surface area contributed by atoms with Crippen LogP contribution in [-0.2, 0) is 0 Å². The monoisotopic (exact) mass is 261 g/mol. The fourth-order valence-electron chi connectivity index (χ4n) is 2.85. The van der Waals surface area contributed by atoms with E-state index in [2.05, 4.69) is 42.0 Å². The Morgan fingerprint density at radius 1 is 1.42 bits per heavy atom. The zero-order chi connectivity index (χ0) is 13.7. The Balaban J connectivity index is 1.90. The van der Waals surface area contributed by atoms with Crippen molar-refractivity contribution >= 4 is 0 Å². The Morgan fingerprint density at radius 2 is 2.26 bits per heavy atom. The summed E-state index contributed by atoms with van der Waals surface area (Å²) in [5.41, 5.74) is 1.33. The molecule has 0 aliphatic carbocycles. The first-order valence-corrected chi connectivity index (χ1v) is 7.54. The van der Waals surface area contributed by atoms with Crippen molar-refractivity contribution in [1.29, 1.82) is 0 Å². The van der Waals surface area contributed by atoms with E-state index in [1.54, 1.807) is 0 Å². The van der Waals surface area contributed by atoms with E-state index < -0.39 is 0 Å². The molecule has 19 heavy (non-hydrogen) atoms. The van der Waals surface area contributed by atoms with Gasteiger partial charge in [0.2, 0.25) is 0 Å². The van der Waals surface area contributed by atoms with Gasteiger partial charge in [-0.15, -0.1) is 0 Å². The first-order valence-electron chi connectivity index (χ1n) is 7.54. The van der Waals surface area contributed by atoms with Gasteiger partial charge in [-0.25, -0.2) is 0 Å². The molecule has 106 valence electrons. The third kappa shape index (κ3) is 4.29. The van der Waals surface area contributed by atoms with Crippen molar-refractivity contribution in [1.82, 2.24) is 15.2 Å². The standard InChI is InChI=1S/C16H27N3/c1-13(2)18-10-15-6-5-9-19(12-15)14(3)16-7-4-8-17-11-16/h4,7-8,11,13-15,18H,5-6,9-10,12H2,1-3H3. The molecule has 1 N–H and O–H groups in total. The summed E-state index contributed by atoms with van der Waals surface area (Å²) in [4.78, 5) is 6.84. The molecule has 0 aromatic carbocycles. The third-order valence-corrected chi connectivity index (χ3v) is 4.08. The number of aromatic nitrogens is 1. The molecule has 0 radical (unpaired) electrons. The van der Waals surface area contributed by atoms with E-state index in [0.29, 0.717) is 12.1 Å². The third-order valence-electron chi connectivity index (χ3n) is 4.08. The summed E-state index contributed by atoms with van der Waals surface area (Å²) < 4.78 is 0. The molecule has 0 amide bonds. The van der Waals surface area contributed by atoms with Crippen LogP contribution in [0.5, 0.6) is 0 Å². The summed E-state index contributed by atoms with van der Waals surface area (Å²) in [7, 11) is 0. The minimum Gasteiger partial charge on any atom is -0.314 e. The smallest absolute Gasteiger partial charge is 0.0335 e. The molecule has 3 nitrogen and oxygen atoms in total. The van der Waals surface area contributed by atoms with E-state index in [1.807, 2.05) is 18.5 Å². The van der Waals surface area contributed by atoms with Crippen LogP contribution in [-0.4, -0.2) is 35.6 Å². The Kier molecular flexibility index (Phi) is 5.34. The number of piperidine rings is 1. The van der Waals surface area contributed by atoms with Crippen LogP contribution in [0.25, 0.3) is 0 Å². The molecule has 3 heteroatoms. The maximum Gasteiger partial charge on any atom is 0.0335 e. The Labute approximate surface area is 117 Å². The molecule has 2 atom stereocenters. The van der Waals surface area contributed by atoms with Gasteiger partial charge < -0.3 is 5.32 Å². The second-order valence-corrected chi connectivity index (χ2v) is 6.03. The highest BCUT2D eigenvalue weighted by Gasteiger charge is 2.24. The van der Waals surface area contributed by atoms with Crippen molar-refractivity contribution in [2.45, 2.75) is 45.7 Å². The van der Waals surface area contributed by atoms with Crippen LogP contribution in [0.4, 0.5) is 0 Å². The maximum atomic E-state index is 4.24. The van der Waals surface area contributed by atoms with Crippen molar-refractivity contribution in [3.8, 4) is 0 Å². The van der Waals surface area contributed by atoms with E-state index in [0.717, 1.165) is 12.5 Å². The van der Waals surface area contributed by atoms with Crippen LogP contribution in [0.3, 0.4) is 0 Å². The van der Waals surface area contributed by atoms with Gasteiger partial charge in [-0.05, 0) is 50.4 Å². The summed E-state index contributed by atoms with van der Waals surface area (Å²) in [6.45, 7) is 10.3. The highest BCUT2D eigenvalue weighted by atomic mass is 15.2. The van der Waals surface area contributed by atoms with Gasteiger partial charge in [0.15, 0.2) is 0 Å². The minimum absolute atomic E-state index is 0.482. The van der Waals surface area contributed by atoms with Crippen LogP contribution in [0.15, 0.2) is 24.5 Å². The molecule has 1 fully saturated rings. The molecule has 0 spiro atoms. The van der Waals surface area contributed by atoms with Crippen LogP contribution < -0.4 is 5.32 Å². The molecular weight excluding hydrogens is 234 g/mol. The van der Waals surface area contributed by atoms with E-state index in [-0.39, 0.29) is 0 Å². The molecule has 2 unspecified atom stereocenters. The lowest BCUT2D eigenvalue weighted by atomic mass is 9.95. The molecule has 1 aromatic rings. The normalized spacial score (nSPS) is 22.6. The molecule has 0 saturated carbocycles. The maximum absolute atomic E-state index is 4.24. The fraction of sp³-hybridized carbons (Fsp3) is 0.688. The van der Waals surface area contributed by atoms with Gasteiger partial charge in [0, 0.05) is 31.0 Å². The lowest BCUT2D eigenvalue weighted by Gasteiger charge is -2.37. The summed E-state index contributed by atoms with van der Waals surface area (Å²) >= 11 is 0. The molecule has 1 aliphatic heterocycles. The zero-order valence-corrected chi connectivity index (χ0v) is 12.5. The van der Waals surface area contributed by atoms with Gasteiger partial charge in [0.1, 0.15) is 0 Å². The van der Waals surface area contributed by atoms with E-state index >= 15 is 0 Å².